The molecule has 0 aliphatic heterocycles. The summed E-state index contributed by atoms with van der Waals surface area (Å²) in [5.41, 5.74) is -0.00390. The molecule has 1 amide bonds. The Labute approximate surface area is 207 Å². The number of carbonyl (C=O) groups excluding carboxylic acids is 3. The zero-order valence-corrected chi connectivity index (χ0v) is 20.5. The summed E-state index contributed by atoms with van der Waals surface area (Å²) in [6, 6.07) is 18.4. The van der Waals surface area contributed by atoms with E-state index in [1.165, 1.54) is 51.5 Å². The highest BCUT2D eigenvalue weighted by atomic mass is 32.2. The predicted octanol–water partition coefficient (Wildman–Crippen LogP) is 3.86. The van der Waals surface area contributed by atoms with Crippen LogP contribution in [0.15, 0.2) is 77.7 Å². The monoisotopic (exact) mass is 506 g/mol. The van der Waals surface area contributed by atoms with Crippen molar-refractivity contribution in [2.45, 2.75) is 11.8 Å². The molecule has 4 rings (SSSR count). The lowest BCUT2D eigenvalue weighted by Gasteiger charge is -2.16. The van der Waals surface area contributed by atoms with E-state index in [-0.39, 0.29) is 33.2 Å². The van der Waals surface area contributed by atoms with Crippen LogP contribution in [0.1, 0.15) is 33.3 Å². The van der Waals surface area contributed by atoms with Crippen molar-refractivity contribution in [3.8, 4) is 5.75 Å². The van der Waals surface area contributed by atoms with Crippen molar-refractivity contribution in [3.63, 3.8) is 0 Å². The summed E-state index contributed by atoms with van der Waals surface area (Å²) in [7, 11) is -1.69. The number of ketones is 1. The standard InChI is InChI=1S/C26H22N2O7S/c1-16(29)27-21-15-24(34-2)20(26(31)35-3)14-19(21)25(30)23-13-17-9-7-8-12-22(17)28(23)36(32,33)18-10-5-4-6-11-18/h4-15H,1-3H3,(H,27,29). The Morgan fingerprint density at radius 2 is 1.53 bits per heavy atom. The minimum Gasteiger partial charge on any atom is -0.496 e. The first-order valence-corrected chi connectivity index (χ1v) is 12.2. The Morgan fingerprint density at radius 3 is 2.17 bits per heavy atom. The summed E-state index contributed by atoms with van der Waals surface area (Å²) >= 11 is 0. The van der Waals surface area contributed by atoms with Gasteiger partial charge in [0, 0.05) is 23.9 Å². The van der Waals surface area contributed by atoms with Crippen molar-refractivity contribution < 1.29 is 32.3 Å². The largest absolute Gasteiger partial charge is 0.496 e. The third-order valence-corrected chi connectivity index (χ3v) is 7.22. The molecule has 4 aromatic rings. The van der Waals surface area contributed by atoms with Crippen LogP contribution in [0, 0.1) is 0 Å². The van der Waals surface area contributed by atoms with Crippen LogP contribution in [0.25, 0.3) is 10.9 Å². The molecule has 0 radical (unpaired) electrons. The minimum absolute atomic E-state index is 0.00697. The molecule has 184 valence electrons. The Bertz CT molecular complexity index is 1610. The van der Waals surface area contributed by atoms with Crippen LogP contribution >= 0.6 is 0 Å². The number of nitrogens with zero attached hydrogens (tertiary/aromatic N) is 1. The van der Waals surface area contributed by atoms with Crippen LogP contribution in [0.3, 0.4) is 0 Å². The zero-order chi connectivity index (χ0) is 26.0. The number of rotatable bonds is 7. The van der Waals surface area contributed by atoms with Crippen LogP contribution in [0.4, 0.5) is 5.69 Å². The number of hydrogen-bond acceptors (Lipinski definition) is 7. The Balaban J connectivity index is 2.02. The lowest BCUT2D eigenvalue weighted by Crippen LogP contribution is -2.21. The zero-order valence-electron chi connectivity index (χ0n) is 19.6. The third kappa shape index (κ3) is 4.34. The molecule has 0 fully saturated rings. The Kier molecular flexibility index (Phi) is 6.63. The molecule has 0 saturated heterocycles. The molecule has 0 atom stereocenters. The minimum atomic E-state index is -4.19. The van der Waals surface area contributed by atoms with Gasteiger partial charge in [-0.15, -0.1) is 0 Å². The van der Waals surface area contributed by atoms with Gasteiger partial charge < -0.3 is 14.8 Å². The smallest absolute Gasteiger partial charge is 0.341 e. The van der Waals surface area contributed by atoms with Crippen LogP contribution < -0.4 is 10.1 Å². The topological polar surface area (TPSA) is 121 Å². The van der Waals surface area contributed by atoms with Gasteiger partial charge in [0.25, 0.3) is 10.0 Å². The number of para-hydroxylation sites is 1. The number of methoxy groups -OCH3 is 2. The van der Waals surface area contributed by atoms with Gasteiger partial charge in [-0.05, 0) is 30.3 Å². The molecule has 0 aliphatic rings. The number of hydrogen-bond donors (Lipinski definition) is 1. The van der Waals surface area contributed by atoms with Gasteiger partial charge in [0.2, 0.25) is 11.7 Å². The lowest BCUT2D eigenvalue weighted by molar-refractivity contribution is -0.114. The number of benzene rings is 3. The van der Waals surface area contributed by atoms with Gasteiger partial charge in [-0.2, -0.15) is 0 Å². The average molecular weight is 507 g/mol. The van der Waals surface area contributed by atoms with Crippen molar-refractivity contribution >= 4 is 44.3 Å². The van der Waals surface area contributed by atoms with E-state index in [9.17, 15) is 22.8 Å². The summed E-state index contributed by atoms with van der Waals surface area (Å²) in [4.78, 5) is 38.2. The van der Waals surface area contributed by atoms with E-state index in [1.54, 1.807) is 42.5 Å². The summed E-state index contributed by atoms with van der Waals surface area (Å²) in [5.74, 6) is -1.91. The normalized spacial score (nSPS) is 11.2. The quantitative estimate of drug-likeness (QED) is 0.298. The number of ether oxygens (including phenoxy) is 2. The number of aromatic nitrogens is 1. The predicted molar refractivity (Wildman–Crippen MR) is 133 cm³/mol. The summed E-state index contributed by atoms with van der Waals surface area (Å²) < 4.78 is 38.4. The van der Waals surface area contributed by atoms with Gasteiger partial charge in [0.15, 0.2) is 0 Å². The van der Waals surface area contributed by atoms with Gasteiger partial charge in [0.1, 0.15) is 17.0 Å². The van der Waals surface area contributed by atoms with E-state index in [0.717, 1.165) is 3.97 Å². The van der Waals surface area contributed by atoms with E-state index in [0.29, 0.717) is 10.9 Å². The number of esters is 1. The molecule has 3 aromatic carbocycles. The molecule has 0 bridgehead atoms. The van der Waals surface area contributed by atoms with Gasteiger partial charge in [-0.25, -0.2) is 17.2 Å². The van der Waals surface area contributed by atoms with E-state index in [4.69, 9.17) is 9.47 Å². The maximum Gasteiger partial charge on any atom is 0.341 e. The molecular formula is C26H22N2O7S. The first kappa shape index (κ1) is 24.7. The third-order valence-electron chi connectivity index (χ3n) is 5.48. The van der Waals surface area contributed by atoms with Crippen molar-refractivity contribution in [2.75, 3.05) is 19.5 Å². The maximum atomic E-state index is 14.0. The molecule has 0 aliphatic carbocycles. The fraction of sp³-hybridized carbons (Fsp3) is 0.115. The van der Waals surface area contributed by atoms with Crippen molar-refractivity contribution in [1.82, 2.24) is 3.97 Å². The van der Waals surface area contributed by atoms with Crippen LogP contribution in [-0.2, 0) is 19.6 Å². The number of carbonyl (C=O) groups is 3. The molecule has 1 N–H and O–H groups in total. The highest BCUT2D eigenvalue weighted by Crippen LogP contribution is 2.33. The molecule has 0 saturated carbocycles. The fourth-order valence-corrected chi connectivity index (χ4v) is 5.41. The van der Waals surface area contributed by atoms with Gasteiger partial charge >= 0.3 is 5.97 Å². The molecule has 1 heterocycles. The van der Waals surface area contributed by atoms with Crippen molar-refractivity contribution in [1.29, 1.82) is 0 Å². The Morgan fingerprint density at radius 1 is 0.861 bits per heavy atom. The van der Waals surface area contributed by atoms with Gasteiger partial charge in [-0.1, -0.05) is 36.4 Å². The van der Waals surface area contributed by atoms with Crippen LogP contribution in [0.5, 0.6) is 5.75 Å². The van der Waals surface area contributed by atoms with Crippen molar-refractivity contribution in [2.24, 2.45) is 0 Å². The van der Waals surface area contributed by atoms with E-state index in [1.807, 2.05) is 0 Å². The number of amides is 1. The molecule has 9 nitrogen and oxygen atoms in total. The number of nitrogens with one attached hydrogen (secondary N) is 1. The first-order valence-electron chi connectivity index (χ1n) is 10.7. The first-order chi connectivity index (χ1) is 17.2. The second kappa shape index (κ2) is 9.67. The molecule has 36 heavy (non-hydrogen) atoms. The van der Waals surface area contributed by atoms with Crippen LogP contribution in [0.2, 0.25) is 0 Å². The fourth-order valence-electron chi connectivity index (χ4n) is 3.88. The van der Waals surface area contributed by atoms with Crippen molar-refractivity contribution in [3.05, 3.63) is 89.6 Å². The maximum absolute atomic E-state index is 14.0. The lowest BCUT2D eigenvalue weighted by atomic mass is 10.0. The SMILES string of the molecule is COC(=O)c1cc(C(=O)c2cc3ccccc3n2S(=O)(=O)c2ccccc2)c(NC(C)=O)cc1OC. The number of anilines is 1. The van der Waals surface area contributed by atoms with E-state index >= 15 is 0 Å². The second-order valence-corrected chi connectivity index (χ2v) is 9.56. The summed E-state index contributed by atoms with van der Waals surface area (Å²) in [6.45, 7) is 1.26. The highest BCUT2D eigenvalue weighted by Gasteiger charge is 2.29. The van der Waals surface area contributed by atoms with Gasteiger partial charge in [0.05, 0.1) is 30.3 Å². The van der Waals surface area contributed by atoms with E-state index < -0.39 is 27.7 Å². The molecule has 0 spiro atoms. The van der Waals surface area contributed by atoms with Crippen LogP contribution in [-0.4, -0.2) is 44.3 Å². The molecular weight excluding hydrogens is 484 g/mol. The van der Waals surface area contributed by atoms with Gasteiger partial charge in [-0.3, -0.25) is 9.59 Å². The Hall–Kier alpha value is -4.44. The second-order valence-electron chi connectivity index (χ2n) is 7.77. The summed E-state index contributed by atoms with van der Waals surface area (Å²) in [6.07, 6.45) is 0. The van der Waals surface area contributed by atoms with E-state index in [2.05, 4.69) is 5.32 Å². The number of fused-ring (bicyclic) bond motifs is 1. The summed E-state index contributed by atoms with van der Waals surface area (Å²) in [5, 5.41) is 3.07. The highest BCUT2D eigenvalue weighted by molar-refractivity contribution is 7.90. The molecule has 10 heteroatoms. The molecule has 0 unspecified atom stereocenters. The molecule has 1 aromatic heterocycles. The average Bonchev–Trinajstić information content (AvgIpc) is 3.28.